The summed E-state index contributed by atoms with van der Waals surface area (Å²) >= 11 is 0. The first kappa shape index (κ1) is 13.4. The van der Waals surface area contributed by atoms with Crippen molar-refractivity contribution < 1.29 is 19.7 Å². The summed E-state index contributed by atoms with van der Waals surface area (Å²) in [5.74, 6) is -0.347. The lowest BCUT2D eigenvalue weighted by Crippen LogP contribution is -2.20. The Hall–Kier alpha value is -0.610. The number of esters is 1. The monoisotopic (exact) mass is 204 g/mol. The quantitative estimate of drug-likeness (QED) is 0.285. The van der Waals surface area contributed by atoms with E-state index in [1.165, 1.54) is 19.8 Å². The number of ether oxygens (including phenoxy) is 1. The van der Waals surface area contributed by atoms with E-state index in [-0.39, 0.29) is 18.7 Å². The second-order valence-corrected chi connectivity index (χ2v) is 3.38. The molecule has 0 spiro atoms. The molecule has 0 radical (unpaired) electrons. The number of rotatable bonds is 8. The van der Waals surface area contributed by atoms with Gasteiger partial charge in [-0.15, -0.1) is 0 Å². The smallest absolute Gasteiger partial charge is 0.302 e. The van der Waals surface area contributed by atoms with Crippen LogP contribution in [0.4, 0.5) is 0 Å². The topological polar surface area (TPSA) is 55.8 Å². The lowest BCUT2D eigenvalue weighted by Gasteiger charge is -2.12. The summed E-state index contributed by atoms with van der Waals surface area (Å²) in [6.07, 6.45) is 4.82. The van der Waals surface area contributed by atoms with Crippen molar-refractivity contribution in [1.29, 1.82) is 0 Å². The molecule has 1 atom stereocenters. The van der Waals surface area contributed by atoms with Gasteiger partial charge in [0.15, 0.2) is 0 Å². The predicted molar refractivity (Wildman–Crippen MR) is 52.9 cm³/mol. The SMILES string of the molecule is CCCCCCC(COC(C)=O)OO. The molecular weight excluding hydrogens is 184 g/mol. The van der Waals surface area contributed by atoms with E-state index in [4.69, 9.17) is 9.99 Å². The minimum Gasteiger partial charge on any atom is -0.463 e. The average Bonchev–Trinajstić information content (AvgIpc) is 2.16. The van der Waals surface area contributed by atoms with Gasteiger partial charge >= 0.3 is 5.97 Å². The van der Waals surface area contributed by atoms with Crippen LogP contribution in [0.1, 0.15) is 46.0 Å². The summed E-state index contributed by atoms with van der Waals surface area (Å²) in [4.78, 5) is 14.7. The molecule has 0 heterocycles. The molecule has 0 aromatic heterocycles. The van der Waals surface area contributed by atoms with Crippen LogP contribution in [-0.4, -0.2) is 23.9 Å². The largest absolute Gasteiger partial charge is 0.463 e. The summed E-state index contributed by atoms with van der Waals surface area (Å²) in [6.45, 7) is 3.61. The van der Waals surface area contributed by atoms with Crippen molar-refractivity contribution in [2.75, 3.05) is 6.61 Å². The van der Waals surface area contributed by atoms with Crippen molar-refractivity contribution in [3.8, 4) is 0 Å². The molecule has 0 aromatic carbocycles. The Morgan fingerprint density at radius 2 is 2.07 bits per heavy atom. The van der Waals surface area contributed by atoms with Gasteiger partial charge in [0.2, 0.25) is 0 Å². The van der Waals surface area contributed by atoms with E-state index in [2.05, 4.69) is 11.8 Å². The number of carbonyl (C=O) groups excluding carboxylic acids is 1. The molecule has 0 saturated carbocycles. The van der Waals surface area contributed by atoms with E-state index in [1.807, 2.05) is 0 Å². The fraction of sp³-hybridized carbons (Fsp3) is 0.900. The highest BCUT2D eigenvalue weighted by Crippen LogP contribution is 2.08. The van der Waals surface area contributed by atoms with E-state index >= 15 is 0 Å². The Bertz CT molecular complexity index is 147. The summed E-state index contributed by atoms with van der Waals surface area (Å²) < 4.78 is 4.73. The molecule has 1 N–H and O–H groups in total. The van der Waals surface area contributed by atoms with E-state index in [0.29, 0.717) is 0 Å². The third kappa shape index (κ3) is 8.01. The fourth-order valence-electron chi connectivity index (χ4n) is 1.18. The summed E-state index contributed by atoms with van der Waals surface area (Å²) in [6, 6.07) is 0. The van der Waals surface area contributed by atoms with Gasteiger partial charge < -0.3 is 4.74 Å². The molecule has 0 aromatic rings. The van der Waals surface area contributed by atoms with Crippen molar-refractivity contribution in [2.24, 2.45) is 0 Å². The van der Waals surface area contributed by atoms with Crippen LogP contribution in [0.3, 0.4) is 0 Å². The lowest BCUT2D eigenvalue weighted by atomic mass is 10.1. The highest BCUT2D eigenvalue weighted by atomic mass is 17.1. The van der Waals surface area contributed by atoms with Crippen molar-refractivity contribution in [2.45, 2.75) is 52.1 Å². The molecule has 4 nitrogen and oxygen atoms in total. The van der Waals surface area contributed by atoms with Crippen LogP contribution in [0.5, 0.6) is 0 Å². The van der Waals surface area contributed by atoms with Gasteiger partial charge in [-0.3, -0.25) is 10.1 Å². The third-order valence-corrected chi connectivity index (χ3v) is 2.00. The fourth-order valence-corrected chi connectivity index (χ4v) is 1.18. The second-order valence-electron chi connectivity index (χ2n) is 3.38. The Balaban J connectivity index is 3.42. The molecular formula is C10H20O4. The molecule has 0 saturated heterocycles. The van der Waals surface area contributed by atoms with Gasteiger partial charge in [-0.2, -0.15) is 0 Å². The van der Waals surface area contributed by atoms with Gasteiger partial charge in [-0.1, -0.05) is 32.6 Å². The maximum atomic E-state index is 10.5. The second kappa shape index (κ2) is 8.97. The van der Waals surface area contributed by atoms with Gasteiger partial charge in [-0.25, -0.2) is 4.89 Å². The van der Waals surface area contributed by atoms with Crippen LogP contribution in [0.15, 0.2) is 0 Å². The van der Waals surface area contributed by atoms with E-state index < -0.39 is 0 Å². The molecule has 4 heteroatoms. The minimum absolute atomic E-state index is 0.137. The molecule has 0 amide bonds. The normalized spacial score (nSPS) is 12.5. The van der Waals surface area contributed by atoms with Gasteiger partial charge in [0.25, 0.3) is 0 Å². The zero-order chi connectivity index (χ0) is 10.8. The van der Waals surface area contributed by atoms with Crippen LogP contribution in [0.25, 0.3) is 0 Å². The predicted octanol–water partition coefficient (Wildman–Crippen LogP) is 2.38. The average molecular weight is 204 g/mol. The molecule has 14 heavy (non-hydrogen) atoms. The Morgan fingerprint density at radius 3 is 2.57 bits per heavy atom. The number of carbonyl (C=O) groups is 1. The van der Waals surface area contributed by atoms with Crippen molar-refractivity contribution in [1.82, 2.24) is 0 Å². The van der Waals surface area contributed by atoms with Crippen LogP contribution >= 0.6 is 0 Å². The molecule has 0 bridgehead atoms. The first-order valence-corrected chi connectivity index (χ1v) is 5.14. The van der Waals surface area contributed by atoms with Gasteiger partial charge in [0, 0.05) is 6.92 Å². The summed E-state index contributed by atoms with van der Waals surface area (Å²) in [5.41, 5.74) is 0. The first-order chi connectivity index (χ1) is 6.70. The molecule has 1 unspecified atom stereocenters. The Morgan fingerprint density at radius 1 is 1.36 bits per heavy atom. The molecule has 0 aliphatic rings. The zero-order valence-electron chi connectivity index (χ0n) is 8.99. The number of hydrogen-bond donors (Lipinski definition) is 1. The van der Waals surface area contributed by atoms with Crippen molar-refractivity contribution in [3.63, 3.8) is 0 Å². The van der Waals surface area contributed by atoms with Crippen LogP contribution < -0.4 is 0 Å². The van der Waals surface area contributed by atoms with E-state index in [1.54, 1.807) is 0 Å². The zero-order valence-corrected chi connectivity index (χ0v) is 8.99. The van der Waals surface area contributed by atoms with E-state index in [9.17, 15) is 4.79 Å². The standard InChI is InChI=1S/C10H20O4/c1-3-4-5-6-7-10(14-12)8-13-9(2)11/h10,12H,3-8H2,1-2H3. The number of unbranched alkanes of at least 4 members (excludes halogenated alkanes) is 3. The van der Waals surface area contributed by atoms with Gasteiger partial charge in [0.05, 0.1) is 0 Å². The summed E-state index contributed by atoms with van der Waals surface area (Å²) in [5, 5.41) is 8.50. The molecule has 0 aliphatic heterocycles. The van der Waals surface area contributed by atoms with Crippen molar-refractivity contribution in [3.05, 3.63) is 0 Å². The van der Waals surface area contributed by atoms with Crippen LogP contribution in [-0.2, 0) is 14.4 Å². The molecule has 84 valence electrons. The van der Waals surface area contributed by atoms with Gasteiger partial charge in [0.1, 0.15) is 12.7 Å². The van der Waals surface area contributed by atoms with Gasteiger partial charge in [-0.05, 0) is 6.42 Å². The minimum atomic E-state index is -0.379. The Labute approximate surface area is 85.1 Å². The summed E-state index contributed by atoms with van der Waals surface area (Å²) in [7, 11) is 0. The highest BCUT2D eigenvalue weighted by molar-refractivity contribution is 5.65. The molecule has 0 fully saturated rings. The Kier molecular flexibility index (Phi) is 8.57. The highest BCUT2D eigenvalue weighted by Gasteiger charge is 2.10. The maximum Gasteiger partial charge on any atom is 0.302 e. The van der Waals surface area contributed by atoms with Crippen LogP contribution in [0, 0.1) is 0 Å². The lowest BCUT2D eigenvalue weighted by molar-refractivity contribution is -0.287. The molecule has 0 aliphatic carbocycles. The number of hydrogen-bond acceptors (Lipinski definition) is 4. The van der Waals surface area contributed by atoms with Crippen LogP contribution in [0.2, 0.25) is 0 Å². The maximum absolute atomic E-state index is 10.5. The van der Waals surface area contributed by atoms with E-state index in [0.717, 1.165) is 19.3 Å². The van der Waals surface area contributed by atoms with Crippen molar-refractivity contribution >= 4 is 5.97 Å². The molecule has 0 rings (SSSR count). The third-order valence-electron chi connectivity index (χ3n) is 2.00. The first-order valence-electron chi connectivity index (χ1n) is 5.14.